The van der Waals surface area contributed by atoms with E-state index in [2.05, 4.69) is 26.3 Å². The second kappa shape index (κ2) is 20.1. The lowest BCUT2D eigenvalue weighted by atomic mass is 9.93. The summed E-state index contributed by atoms with van der Waals surface area (Å²) in [6, 6.07) is 6.89. The van der Waals surface area contributed by atoms with Crippen LogP contribution in [0.25, 0.3) is 0 Å². The van der Waals surface area contributed by atoms with Gasteiger partial charge in [0, 0.05) is 17.5 Å². The third-order valence-corrected chi connectivity index (χ3v) is 10.7. The number of carbonyl (C=O) groups is 5. The second-order valence-electron chi connectivity index (χ2n) is 14.1. The van der Waals surface area contributed by atoms with Crippen LogP contribution in [0.5, 0.6) is 0 Å². The van der Waals surface area contributed by atoms with Crippen LogP contribution in [0.1, 0.15) is 100 Å². The van der Waals surface area contributed by atoms with Crippen LogP contribution in [0.2, 0.25) is 0 Å². The third-order valence-electron chi connectivity index (χ3n) is 9.74. The summed E-state index contributed by atoms with van der Waals surface area (Å²) < 4.78 is 4.90. The number of carboxylic acids is 1. The summed E-state index contributed by atoms with van der Waals surface area (Å²) in [5, 5.41) is 23.5. The number of piperidine rings is 1. The maximum absolute atomic E-state index is 13.8. The number of aliphatic carboxylic acids is 1. The van der Waals surface area contributed by atoms with Crippen LogP contribution in [0.4, 0.5) is 4.79 Å². The van der Waals surface area contributed by atoms with E-state index in [1.54, 1.807) is 12.3 Å². The summed E-state index contributed by atoms with van der Waals surface area (Å²) in [4.78, 5) is 71.4. The summed E-state index contributed by atoms with van der Waals surface area (Å²) in [7, 11) is 3.19. The number of likely N-dealkylation sites (tertiary alicyclic amines) is 1. The van der Waals surface area contributed by atoms with Gasteiger partial charge in [0.1, 0.15) is 16.7 Å². The van der Waals surface area contributed by atoms with Crippen molar-refractivity contribution in [3.8, 4) is 0 Å². The van der Waals surface area contributed by atoms with Crippen molar-refractivity contribution in [2.24, 2.45) is 17.8 Å². The van der Waals surface area contributed by atoms with Gasteiger partial charge >= 0.3 is 12.1 Å². The number of nitrogens with zero attached hydrogens (tertiary/aromatic N) is 2. The molecule has 5 N–H and O–H groups in total. The van der Waals surface area contributed by atoms with E-state index < -0.39 is 48.1 Å². The van der Waals surface area contributed by atoms with Crippen LogP contribution in [-0.4, -0.2) is 89.6 Å². The molecule has 3 rings (SSSR count). The van der Waals surface area contributed by atoms with Gasteiger partial charge in [0.25, 0.3) is 5.91 Å². The van der Waals surface area contributed by atoms with Crippen LogP contribution in [0, 0.1) is 17.8 Å². The van der Waals surface area contributed by atoms with Crippen molar-refractivity contribution in [2.45, 2.75) is 110 Å². The van der Waals surface area contributed by atoms with Gasteiger partial charge in [-0.05, 0) is 63.1 Å². The lowest BCUT2D eigenvalue weighted by Gasteiger charge is -2.34. The number of aromatic nitrogens is 1. The number of thiazole rings is 1. The summed E-state index contributed by atoms with van der Waals surface area (Å²) in [6.45, 7) is 10.3. The number of nitrogens with one attached hydrogen (secondary N) is 4. The molecule has 1 aliphatic rings. The normalized spacial score (nSPS) is 18.4. The van der Waals surface area contributed by atoms with Gasteiger partial charge in [-0.15, -0.1) is 11.3 Å². The van der Waals surface area contributed by atoms with Crippen molar-refractivity contribution in [3.05, 3.63) is 52.0 Å². The molecule has 14 heteroatoms. The molecule has 0 spiro atoms. The molecule has 0 unspecified atom stereocenters. The SMILES string of the molecule is CC[C@H](C)[C@H](NC(=O)[C@H]1CCCCN1C)C(=O)N[C@H](C[C@@H](NC(=O)OC)c1nc(C(=O)N[C@@H](Cc2ccccc2)C[C@H](C)C(=O)O)cs1)C(C)C. The molecule has 51 heavy (non-hydrogen) atoms. The van der Waals surface area contributed by atoms with Crippen LogP contribution in [0.3, 0.4) is 0 Å². The molecule has 1 aromatic heterocycles. The molecule has 7 atom stereocenters. The van der Waals surface area contributed by atoms with Gasteiger partial charge in [-0.25, -0.2) is 9.78 Å². The van der Waals surface area contributed by atoms with E-state index >= 15 is 0 Å². The fraction of sp³-hybridized carbons (Fsp3) is 0.622. The van der Waals surface area contributed by atoms with Gasteiger partial charge in [-0.3, -0.25) is 24.1 Å². The molecular weight excluding hydrogens is 673 g/mol. The first-order valence-corrected chi connectivity index (χ1v) is 18.8. The fourth-order valence-corrected chi connectivity index (χ4v) is 7.10. The van der Waals surface area contributed by atoms with E-state index in [0.717, 1.165) is 31.4 Å². The van der Waals surface area contributed by atoms with Crippen molar-refractivity contribution < 1.29 is 33.8 Å². The van der Waals surface area contributed by atoms with Crippen molar-refractivity contribution in [1.29, 1.82) is 0 Å². The van der Waals surface area contributed by atoms with Gasteiger partial charge in [0.15, 0.2) is 0 Å². The molecule has 1 saturated heterocycles. The molecule has 1 aliphatic heterocycles. The van der Waals surface area contributed by atoms with E-state index in [4.69, 9.17) is 4.74 Å². The maximum Gasteiger partial charge on any atom is 0.407 e. The van der Waals surface area contributed by atoms with E-state index in [1.807, 2.05) is 70.0 Å². The largest absolute Gasteiger partial charge is 0.481 e. The average Bonchev–Trinajstić information content (AvgIpc) is 3.60. The molecule has 1 aromatic carbocycles. The highest BCUT2D eigenvalue weighted by atomic mass is 32.1. The molecule has 2 heterocycles. The minimum Gasteiger partial charge on any atom is -0.481 e. The Balaban J connectivity index is 1.79. The molecule has 0 radical (unpaired) electrons. The summed E-state index contributed by atoms with van der Waals surface area (Å²) in [5.41, 5.74) is 1.09. The lowest BCUT2D eigenvalue weighted by molar-refractivity contribution is -0.141. The van der Waals surface area contributed by atoms with Gasteiger partial charge < -0.3 is 31.1 Å². The second-order valence-corrected chi connectivity index (χ2v) is 14.9. The van der Waals surface area contributed by atoms with Crippen LogP contribution >= 0.6 is 11.3 Å². The number of hydrogen-bond donors (Lipinski definition) is 5. The zero-order valence-corrected chi connectivity index (χ0v) is 31.8. The minimum atomic E-state index is -0.948. The quantitative estimate of drug-likeness (QED) is 0.147. The molecule has 0 aliphatic carbocycles. The van der Waals surface area contributed by atoms with E-state index in [9.17, 15) is 29.1 Å². The highest BCUT2D eigenvalue weighted by molar-refractivity contribution is 7.09. The summed E-state index contributed by atoms with van der Waals surface area (Å²) >= 11 is 1.19. The zero-order chi connectivity index (χ0) is 37.7. The van der Waals surface area contributed by atoms with Gasteiger partial charge in [-0.1, -0.05) is 77.8 Å². The molecule has 0 bridgehead atoms. The number of ether oxygens (including phenoxy) is 1. The lowest BCUT2D eigenvalue weighted by Crippen LogP contribution is -2.57. The number of amides is 4. The number of hydrogen-bond acceptors (Lipinski definition) is 9. The first-order chi connectivity index (χ1) is 24.2. The highest BCUT2D eigenvalue weighted by Gasteiger charge is 2.34. The Morgan fingerprint density at radius 3 is 2.31 bits per heavy atom. The van der Waals surface area contributed by atoms with E-state index in [1.165, 1.54) is 18.4 Å². The van der Waals surface area contributed by atoms with Gasteiger partial charge in [0.2, 0.25) is 11.8 Å². The summed E-state index contributed by atoms with van der Waals surface area (Å²) in [6.07, 6.45) is 3.65. The van der Waals surface area contributed by atoms with Crippen molar-refractivity contribution in [1.82, 2.24) is 31.2 Å². The third kappa shape index (κ3) is 12.6. The first kappa shape index (κ1) is 41.4. The van der Waals surface area contributed by atoms with Crippen molar-refractivity contribution in [2.75, 3.05) is 20.7 Å². The maximum atomic E-state index is 13.8. The predicted molar refractivity (Wildman–Crippen MR) is 196 cm³/mol. The number of alkyl carbamates (subject to hydrolysis) is 1. The number of likely N-dealkylation sites (N-methyl/N-ethyl adjacent to an activating group) is 1. The minimum absolute atomic E-state index is 0.0636. The fourth-order valence-electron chi connectivity index (χ4n) is 6.24. The molecule has 0 saturated carbocycles. The Labute approximate surface area is 305 Å². The van der Waals surface area contributed by atoms with Gasteiger partial charge in [0.05, 0.1) is 25.1 Å². The first-order valence-electron chi connectivity index (χ1n) is 17.9. The van der Waals surface area contributed by atoms with Gasteiger partial charge in [-0.2, -0.15) is 0 Å². The molecular formula is C37H56N6O7S. The Morgan fingerprint density at radius 2 is 1.71 bits per heavy atom. The van der Waals surface area contributed by atoms with Crippen LogP contribution in [-0.2, 0) is 25.5 Å². The standard InChI is InChI=1S/C37H56N6O7S/c1-8-23(4)31(42-33(45)30-16-12-13-17-43(30)6)34(46)39-27(22(2)3)20-28(41-37(49)50-7)35-40-29(21-51-35)32(44)38-26(18-24(5)36(47)48)19-25-14-10-9-11-15-25/h9-11,14-15,21-24,26-28,30-31H,8,12-13,16-20H2,1-7H3,(H,38,44)(H,39,46)(H,41,49)(H,42,45)(H,47,48)/t23-,24-,26+,27+,28+,30+,31-/m0/s1. The molecule has 13 nitrogen and oxygen atoms in total. The Morgan fingerprint density at radius 1 is 1.00 bits per heavy atom. The van der Waals surface area contributed by atoms with Crippen molar-refractivity contribution in [3.63, 3.8) is 0 Å². The Hall–Kier alpha value is -4.04. The average molecular weight is 729 g/mol. The summed E-state index contributed by atoms with van der Waals surface area (Å²) in [5.74, 6) is -2.72. The molecule has 1 fully saturated rings. The molecule has 282 valence electrons. The van der Waals surface area contributed by atoms with Crippen LogP contribution in [0.15, 0.2) is 35.7 Å². The Bertz CT molecular complexity index is 1450. The van der Waals surface area contributed by atoms with Crippen LogP contribution < -0.4 is 21.3 Å². The number of methoxy groups -OCH3 is 1. The number of rotatable bonds is 18. The highest BCUT2D eigenvalue weighted by Crippen LogP contribution is 2.26. The predicted octanol–water partition coefficient (Wildman–Crippen LogP) is 4.54. The topological polar surface area (TPSA) is 179 Å². The molecule has 2 aromatic rings. The number of benzene rings is 1. The van der Waals surface area contributed by atoms with E-state index in [-0.39, 0.29) is 48.2 Å². The van der Waals surface area contributed by atoms with E-state index in [0.29, 0.717) is 17.8 Å². The Kier molecular flexibility index (Phi) is 16.3. The zero-order valence-electron chi connectivity index (χ0n) is 30.9. The number of carbonyl (C=O) groups excluding carboxylic acids is 4. The van der Waals surface area contributed by atoms with Crippen molar-refractivity contribution >= 4 is 41.1 Å². The smallest absolute Gasteiger partial charge is 0.407 e. The number of carboxylic acid groups (broad SMARTS) is 1. The molecule has 4 amide bonds. The monoisotopic (exact) mass is 728 g/mol.